The molecule has 3 nitrogen and oxygen atoms in total. The molecule has 4 heteroatoms. The van der Waals surface area contributed by atoms with Crippen LogP contribution in [-0.4, -0.2) is 25.9 Å². The van der Waals surface area contributed by atoms with E-state index in [9.17, 15) is 4.39 Å². The first-order valence-corrected chi connectivity index (χ1v) is 7.52. The Kier molecular flexibility index (Phi) is 7.12. The van der Waals surface area contributed by atoms with E-state index in [1.807, 2.05) is 19.9 Å². The maximum atomic E-state index is 14.0. The molecule has 0 aliphatic carbocycles. The van der Waals surface area contributed by atoms with E-state index in [2.05, 4.69) is 19.2 Å². The lowest BCUT2D eigenvalue weighted by Gasteiger charge is -2.23. The van der Waals surface area contributed by atoms with Gasteiger partial charge in [-0.25, -0.2) is 4.39 Å². The minimum absolute atomic E-state index is 0.263. The van der Waals surface area contributed by atoms with Crippen LogP contribution in [0.5, 0.6) is 5.75 Å². The highest BCUT2D eigenvalue weighted by atomic mass is 19.1. The Morgan fingerprint density at radius 2 is 2.00 bits per heavy atom. The minimum Gasteiger partial charge on any atom is -0.490 e. The lowest BCUT2D eigenvalue weighted by atomic mass is 10.1. The van der Waals surface area contributed by atoms with Gasteiger partial charge >= 0.3 is 0 Å². The molecule has 0 amide bonds. The highest BCUT2D eigenvalue weighted by Gasteiger charge is 2.17. The average molecular weight is 297 g/mol. The van der Waals surface area contributed by atoms with E-state index in [1.54, 1.807) is 13.2 Å². The zero-order valence-electron chi connectivity index (χ0n) is 13.8. The molecule has 0 fully saturated rings. The van der Waals surface area contributed by atoms with Crippen LogP contribution in [0.3, 0.4) is 0 Å². The minimum atomic E-state index is -0.311. The van der Waals surface area contributed by atoms with Crippen LogP contribution in [0, 0.1) is 11.7 Å². The molecule has 0 atom stereocenters. The van der Waals surface area contributed by atoms with Crippen LogP contribution >= 0.6 is 0 Å². The number of rotatable bonds is 9. The van der Waals surface area contributed by atoms with Gasteiger partial charge in [0, 0.05) is 25.6 Å². The predicted molar refractivity (Wildman–Crippen MR) is 84.1 cm³/mol. The molecule has 1 N–H and O–H groups in total. The summed E-state index contributed by atoms with van der Waals surface area (Å²) < 4.78 is 25.0. The lowest BCUT2D eigenvalue weighted by Crippen LogP contribution is -2.25. The van der Waals surface area contributed by atoms with Crippen molar-refractivity contribution in [1.82, 2.24) is 5.32 Å². The first kappa shape index (κ1) is 17.9. The molecule has 0 radical (unpaired) electrons. The second-order valence-corrected chi connectivity index (χ2v) is 6.32. The molecule has 120 valence electrons. The quantitative estimate of drug-likeness (QED) is 0.752. The van der Waals surface area contributed by atoms with Gasteiger partial charge in [0.15, 0.2) is 11.6 Å². The van der Waals surface area contributed by atoms with Gasteiger partial charge in [-0.2, -0.15) is 0 Å². The maximum Gasteiger partial charge on any atom is 0.165 e. The largest absolute Gasteiger partial charge is 0.490 e. The van der Waals surface area contributed by atoms with Gasteiger partial charge < -0.3 is 14.8 Å². The van der Waals surface area contributed by atoms with Gasteiger partial charge in [-0.15, -0.1) is 0 Å². The summed E-state index contributed by atoms with van der Waals surface area (Å²) in [6.07, 6.45) is 0.705. The summed E-state index contributed by atoms with van der Waals surface area (Å²) in [7, 11) is 1.67. The van der Waals surface area contributed by atoms with Crippen molar-refractivity contribution in [3.8, 4) is 5.75 Å². The normalized spacial score (nSPS) is 12.0. The molecule has 0 unspecified atom stereocenters. The van der Waals surface area contributed by atoms with Crippen LogP contribution in [-0.2, 0) is 11.3 Å². The number of halogens is 1. The molecular formula is C17H28FNO2. The highest BCUT2D eigenvalue weighted by Crippen LogP contribution is 2.24. The van der Waals surface area contributed by atoms with Crippen molar-refractivity contribution in [3.63, 3.8) is 0 Å². The van der Waals surface area contributed by atoms with E-state index in [0.717, 1.165) is 12.1 Å². The van der Waals surface area contributed by atoms with Gasteiger partial charge in [-0.05, 0) is 32.4 Å². The fraction of sp³-hybridized carbons (Fsp3) is 0.647. The van der Waals surface area contributed by atoms with E-state index in [4.69, 9.17) is 9.47 Å². The van der Waals surface area contributed by atoms with Crippen molar-refractivity contribution >= 4 is 0 Å². The first-order chi connectivity index (χ1) is 9.85. The zero-order chi connectivity index (χ0) is 15.9. The molecule has 0 aliphatic rings. The lowest BCUT2D eigenvalue weighted by molar-refractivity contribution is 0.00504. The van der Waals surface area contributed by atoms with Gasteiger partial charge in [0.2, 0.25) is 0 Å². The Hall–Kier alpha value is -1.13. The second-order valence-electron chi connectivity index (χ2n) is 6.32. The number of hydrogen-bond acceptors (Lipinski definition) is 3. The number of nitrogens with one attached hydrogen (secondary N) is 1. The molecule has 21 heavy (non-hydrogen) atoms. The summed E-state index contributed by atoms with van der Waals surface area (Å²) in [4.78, 5) is 0. The van der Waals surface area contributed by atoms with E-state index in [0.29, 0.717) is 31.2 Å². The number of ether oxygens (including phenoxy) is 2. The molecule has 1 aromatic carbocycles. The smallest absolute Gasteiger partial charge is 0.165 e. The van der Waals surface area contributed by atoms with Gasteiger partial charge in [-0.1, -0.05) is 26.0 Å². The number of methoxy groups -OCH3 is 1. The fourth-order valence-electron chi connectivity index (χ4n) is 1.85. The third kappa shape index (κ3) is 6.44. The summed E-state index contributed by atoms with van der Waals surface area (Å²) in [5.41, 5.74) is 0.590. The monoisotopic (exact) mass is 297 g/mol. The summed E-state index contributed by atoms with van der Waals surface area (Å²) in [6.45, 7) is 10.2. The van der Waals surface area contributed by atoms with Crippen molar-refractivity contribution in [1.29, 1.82) is 0 Å². The van der Waals surface area contributed by atoms with E-state index < -0.39 is 0 Å². The molecule has 0 aliphatic heterocycles. The molecule has 0 saturated carbocycles. The van der Waals surface area contributed by atoms with Crippen LogP contribution in [0.4, 0.5) is 4.39 Å². The van der Waals surface area contributed by atoms with Crippen LogP contribution in [0.2, 0.25) is 0 Å². The Bertz CT molecular complexity index is 433. The zero-order valence-corrected chi connectivity index (χ0v) is 13.8. The average Bonchev–Trinajstić information content (AvgIpc) is 2.41. The van der Waals surface area contributed by atoms with Crippen LogP contribution in [0.1, 0.15) is 39.7 Å². The number of hydrogen-bond donors (Lipinski definition) is 1. The van der Waals surface area contributed by atoms with Crippen molar-refractivity contribution in [2.75, 3.05) is 20.3 Å². The van der Waals surface area contributed by atoms with Crippen molar-refractivity contribution in [2.24, 2.45) is 5.92 Å². The molecular weight excluding hydrogens is 269 g/mol. The van der Waals surface area contributed by atoms with E-state index >= 15 is 0 Å². The van der Waals surface area contributed by atoms with E-state index in [1.165, 1.54) is 6.07 Å². The molecule has 0 heterocycles. The molecule has 0 aromatic heterocycles. The Morgan fingerprint density at radius 3 is 2.62 bits per heavy atom. The number of benzene rings is 1. The summed E-state index contributed by atoms with van der Waals surface area (Å²) in [6, 6.07) is 5.05. The van der Waals surface area contributed by atoms with Gasteiger partial charge in [0.1, 0.15) is 0 Å². The maximum absolute atomic E-state index is 14.0. The van der Waals surface area contributed by atoms with Crippen molar-refractivity contribution in [3.05, 3.63) is 29.6 Å². The molecule has 0 bridgehead atoms. The predicted octanol–water partition coefficient (Wildman–Crippen LogP) is 3.77. The third-order valence-electron chi connectivity index (χ3n) is 3.42. The number of para-hydroxylation sites is 1. The Morgan fingerprint density at radius 1 is 1.29 bits per heavy atom. The van der Waals surface area contributed by atoms with Crippen LogP contribution in [0.25, 0.3) is 0 Å². The highest BCUT2D eigenvalue weighted by molar-refractivity contribution is 5.34. The SMILES string of the molecule is COC(C)(C)CCOc1c(F)cccc1CNCC(C)C. The van der Waals surface area contributed by atoms with Crippen molar-refractivity contribution in [2.45, 2.75) is 46.3 Å². The molecule has 0 saturated heterocycles. The standard InChI is InChI=1S/C17H28FNO2/c1-13(2)11-19-12-14-7-6-8-15(18)16(14)21-10-9-17(3,4)20-5/h6-8,13,19H,9-12H2,1-5H3. The summed E-state index contributed by atoms with van der Waals surface area (Å²) in [5, 5.41) is 3.32. The molecule has 1 aromatic rings. The fourth-order valence-corrected chi connectivity index (χ4v) is 1.85. The summed E-state index contributed by atoms with van der Waals surface area (Å²) in [5.74, 6) is 0.597. The van der Waals surface area contributed by atoms with Gasteiger partial charge in [0.25, 0.3) is 0 Å². The van der Waals surface area contributed by atoms with Gasteiger partial charge in [-0.3, -0.25) is 0 Å². The van der Waals surface area contributed by atoms with Gasteiger partial charge in [0.05, 0.1) is 12.2 Å². The topological polar surface area (TPSA) is 30.5 Å². The molecule has 0 spiro atoms. The van der Waals surface area contributed by atoms with Crippen LogP contribution in [0.15, 0.2) is 18.2 Å². The van der Waals surface area contributed by atoms with Crippen molar-refractivity contribution < 1.29 is 13.9 Å². The van der Waals surface area contributed by atoms with Crippen LogP contribution < -0.4 is 10.1 Å². The third-order valence-corrected chi connectivity index (χ3v) is 3.42. The Labute approximate surface area is 127 Å². The molecule has 1 rings (SSSR count). The summed E-state index contributed by atoms with van der Waals surface area (Å²) >= 11 is 0. The van der Waals surface area contributed by atoms with E-state index in [-0.39, 0.29) is 11.4 Å². The Balaban J connectivity index is 2.63. The second kappa shape index (κ2) is 8.35. The first-order valence-electron chi connectivity index (χ1n) is 7.52.